The Kier molecular flexibility index (Phi) is 6.66. The van der Waals surface area contributed by atoms with E-state index in [0.717, 1.165) is 30.8 Å². The predicted molar refractivity (Wildman–Crippen MR) is 141 cm³/mol. The molecule has 36 heavy (non-hydrogen) atoms. The Morgan fingerprint density at radius 1 is 1.14 bits per heavy atom. The molecule has 9 nitrogen and oxygen atoms in total. The molecule has 2 aromatic carbocycles. The topological polar surface area (TPSA) is 88.3 Å². The van der Waals surface area contributed by atoms with E-state index in [2.05, 4.69) is 32.7 Å². The maximum absolute atomic E-state index is 13.5. The van der Waals surface area contributed by atoms with E-state index in [1.807, 2.05) is 41.3 Å². The van der Waals surface area contributed by atoms with Gasteiger partial charge in [0.25, 0.3) is 0 Å². The summed E-state index contributed by atoms with van der Waals surface area (Å²) in [7, 11) is 3.99. The molecular formula is C25H28FN9S. The summed E-state index contributed by atoms with van der Waals surface area (Å²) in [6.07, 6.45) is 4.11. The summed E-state index contributed by atoms with van der Waals surface area (Å²) >= 11 is 5.81. The van der Waals surface area contributed by atoms with Gasteiger partial charge in [-0.3, -0.25) is 15.4 Å². The monoisotopic (exact) mass is 505 g/mol. The van der Waals surface area contributed by atoms with Crippen molar-refractivity contribution in [3.05, 3.63) is 84.0 Å². The van der Waals surface area contributed by atoms with Crippen LogP contribution in [0.2, 0.25) is 0 Å². The van der Waals surface area contributed by atoms with Crippen LogP contribution >= 0.6 is 12.2 Å². The number of likely N-dealkylation sites (tertiary alicyclic amines) is 1. The van der Waals surface area contributed by atoms with Crippen LogP contribution in [0, 0.1) is 11.2 Å². The number of hydrogen-bond donors (Lipinski definition) is 3. The van der Waals surface area contributed by atoms with Gasteiger partial charge in [0, 0.05) is 25.8 Å². The quantitative estimate of drug-likeness (QED) is 0.334. The van der Waals surface area contributed by atoms with Crippen LogP contribution in [-0.4, -0.2) is 73.7 Å². The Bertz CT molecular complexity index is 1270. The molecule has 5 rings (SSSR count). The maximum atomic E-state index is 13.5. The second-order valence-electron chi connectivity index (χ2n) is 8.97. The second-order valence-corrected chi connectivity index (χ2v) is 9.36. The zero-order valence-electron chi connectivity index (χ0n) is 20.1. The molecule has 11 heteroatoms. The molecule has 0 amide bonds. The lowest BCUT2D eigenvalue weighted by Crippen LogP contribution is -2.46. The number of thiocarbonyl (C=S) groups is 1. The third-order valence-corrected chi connectivity index (χ3v) is 6.93. The van der Waals surface area contributed by atoms with Crippen LogP contribution in [0.25, 0.3) is 5.69 Å². The lowest BCUT2D eigenvalue weighted by Gasteiger charge is -2.31. The van der Waals surface area contributed by atoms with Crippen LogP contribution in [0.4, 0.5) is 10.1 Å². The Morgan fingerprint density at radius 2 is 1.89 bits per heavy atom. The Morgan fingerprint density at radius 3 is 2.53 bits per heavy atom. The molecular weight excluding hydrogens is 477 g/mol. The molecule has 1 unspecified atom stereocenters. The molecule has 0 bridgehead atoms. The van der Waals surface area contributed by atoms with Crippen LogP contribution in [0.1, 0.15) is 12.0 Å². The predicted octanol–water partition coefficient (Wildman–Crippen LogP) is 2.99. The van der Waals surface area contributed by atoms with E-state index in [-0.39, 0.29) is 11.9 Å². The van der Waals surface area contributed by atoms with Gasteiger partial charge in [0.1, 0.15) is 29.3 Å². The lowest BCUT2D eigenvalue weighted by molar-refractivity contribution is 0.127. The van der Waals surface area contributed by atoms with Gasteiger partial charge in [-0.1, -0.05) is 24.4 Å². The Hall–Kier alpha value is -3.83. The fourth-order valence-electron chi connectivity index (χ4n) is 4.56. The van der Waals surface area contributed by atoms with Gasteiger partial charge in [-0.25, -0.2) is 14.1 Å². The first-order valence-corrected chi connectivity index (χ1v) is 12.1. The number of anilines is 1. The van der Waals surface area contributed by atoms with Crippen LogP contribution in [0.3, 0.4) is 0 Å². The molecule has 3 aromatic rings. The highest BCUT2D eigenvalue weighted by Crippen LogP contribution is 2.28. The zero-order valence-corrected chi connectivity index (χ0v) is 21.0. The Labute approximate surface area is 214 Å². The first kappa shape index (κ1) is 23.9. The van der Waals surface area contributed by atoms with Crippen molar-refractivity contribution < 1.29 is 4.39 Å². The highest BCUT2D eigenvalue weighted by Gasteiger charge is 2.41. The van der Waals surface area contributed by atoms with E-state index >= 15 is 0 Å². The van der Waals surface area contributed by atoms with Crippen LogP contribution in [-0.2, 0) is 6.54 Å². The standard InChI is InChI=1S/C25H28FN9S/c1-32-12-11-21(14-32)35-23(27)22(25(36)33(35)2)24(31-19-7-5-18(26)6-8-19)29-13-17-3-9-20(10-4-17)34-16-28-15-30-34/h3-10,15-16,21,27,29,31H,11-14H2,1-2H3/b24-22-,27-23?. The van der Waals surface area contributed by atoms with Crippen molar-refractivity contribution in [3.63, 3.8) is 0 Å². The average Bonchev–Trinajstić information content (AvgIpc) is 3.60. The molecule has 2 aliphatic heterocycles. The molecule has 0 spiro atoms. The fourth-order valence-corrected chi connectivity index (χ4v) is 4.85. The van der Waals surface area contributed by atoms with Gasteiger partial charge in [-0.2, -0.15) is 5.10 Å². The minimum Gasteiger partial charge on any atom is -0.367 e. The summed E-state index contributed by atoms with van der Waals surface area (Å²) in [4.78, 5) is 6.81. The molecule has 1 atom stereocenters. The molecule has 3 N–H and O–H groups in total. The van der Waals surface area contributed by atoms with Gasteiger partial charge >= 0.3 is 0 Å². The number of nitrogens with one attached hydrogen (secondary N) is 3. The van der Waals surface area contributed by atoms with Gasteiger partial charge in [-0.05, 0) is 62.0 Å². The number of nitrogens with zero attached hydrogens (tertiary/aromatic N) is 6. The van der Waals surface area contributed by atoms with Gasteiger partial charge in [0.15, 0.2) is 5.84 Å². The summed E-state index contributed by atoms with van der Waals surface area (Å²) in [5.41, 5.74) is 3.27. The summed E-state index contributed by atoms with van der Waals surface area (Å²) in [6, 6.07) is 14.3. The first-order valence-electron chi connectivity index (χ1n) is 11.7. The van der Waals surface area contributed by atoms with E-state index in [4.69, 9.17) is 17.6 Å². The highest BCUT2D eigenvalue weighted by molar-refractivity contribution is 7.80. The average molecular weight is 506 g/mol. The number of amidine groups is 1. The summed E-state index contributed by atoms with van der Waals surface area (Å²) in [5, 5.41) is 23.8. The SMILES string of the molecule is CN1CCC(N2C(=N)/C(=C(\NCc3ccc(-n4cncn4)cc3)Nc3ccc(F)cc3)C(=S)N2C)C1. The summed E-state index contributed by atoms with van der Waals surface area (Å²) < 4.78 is 15.2. The normalized spacial score (nSPS) is 19.8. The molecule has 2 fully saturated rings. The number of rotatable bonds is 7. The van der Waals surface area contributed by atoms with Crippen molar-refractivity contribution in [2.75, 3.05) is 32.5 Å². The highest BCUT2D eigenvalue weighted by atomic mass is 32.1. The van der Waals surface area contributed by atoms with Crippen LogP contribution in [0.5, 0.6) is 0 Å². The van der Waals surface area contributed by atoms with E-state index in [1.54, 1.807) is 23.1 Å². The first-order chi connectivity index (χ1) is 17.4. The number of likely N-dealkylation sites (N-methyl/N-ethyl adjacent to an activating group) is 2. The fraction of sp³-hybridized carbons (Fsp3) is 0.280. The van der Waals surface area contributed by atoms with Crippen molar-refractivity contribution in [1.82, 2.24) is 35.0 Å². The van der Waals surface area contributed by atoms with E-state index < -0.39 is 0 Å². The molecule has 2 aliphatic rings. The molecule has 0 saturated carbocycles. The zero-order chi connectivity index (χ0) is 25.2. The Balaban J connectivity index is 1.42. The number of halogens is 1. The van der Waals surface area contributed by atoms with E-state index in [9.17, 15) is 4.39 Å². The maximum Gasteiger partial charge on any atom is 0.154 e. The molecule has 186 valence electrons. The lowest BCUT2D eigenvalue weighted by atomic mass is 10.1. The third kappa shape index (κ3) is 4.79. The smallest absolute Gasteiger partial charge is 0.154 e. The van der Waals surface area contributed by atoms with Crippen molar-refractivity contribution >= 4 is 28.7 Å². The van der Waals surface area contributed by atoms with Crippen LogP contribution in [0.15, 0.2) is 72.6 Å². The minimum atomic E-state index is -0.310. The largest absolute Gasteiger partial charge is 0.367 e. The molecule has 3 heterocycles. The number of benzene rings is 2. The van der Waals surface area contributed by atoms with Crippen molar-refractivity contribution in [2.24, 2.45) is 0 Å². The van der Waals surface area contributed by atoms with Crippen LogP contribution < -0.4 is 10.6 Å². The molecule has 2 saturated heterocycles. The van der Waals surface area contributed by atoms with Crippen molar-refractivity contribution in [3.8, 4) is 5.69 Å². The van der Waals surface area contributed by atoms with Crippen molar-refractivity contribution in [2.45, 2.75) is 19.0 Å². The number of aromatic nitrogens is 3. The van der Waals surface area contributed by atoms with Gasteiger partial charge < -0.3 is 15.5 Å². The summed E-state index contributed by atoms with van der Waals surface area (Å²) in [6.45, 7) is 2.35. The van der Waals surface area contributed by atoms with Crippen molar-refractivity contribution in [1.29, 1.82) is 5.41 Å². The third-order valence-electron chi connectivity index (χ3n) is 6.46. The number of hydrogen-bond acceptors (Lipinski definition) is 7. The minimum absolute atomic E-state index is 0.180. The van der Waals surface area contributed by atoms with E-state index in [1.165, 1.54) is 18.5 Å². The van der Waals surface area contributed by atoms with E-state index in [0.29, 0.717) is 34.5 Å². The molecule has 0 aliphatic carbocycles. The molecule has 0 radical (unpaired) electrons. The summed E-state index contributed by atoms with van der Waals surface area (Å²) in [5.74, 6) is 0.648. The van der Waals surface area contributed by atoms with Gasteiger partial charge in [0.05, 0.1) is 17.3 Å². The number of hydrazine groups is 1. The van der Waals surface area contributed by atoms with Gasteiger partial charge in [-0.15, -0.1) is 0 Å². The molecule has 1 aromatic heterocycles. The van der Waals surface area contributed by atoms with Gasteiger partial charge in [0.2, 0.25) is 0 Å². The second kappa shape index (κ2) is 10.0.